The SMILES string of the molecule is CCCNc1nccc(N(C)c2ccc(OC)cc2)n1. The number of ether oxygens (including phenoxy) is 1. The van der Waals surface area contributed by atoms with E-state index in [2.05, 4.69) is 22.2 Å². The van der Waals surface area contributed by atoms with Crippen molar-refractivity contribution in [2.75, 3.05) is 30.9 Å². The molecular formula is C15H20N4O. The molecule has 0 fully saturated rings. The molecule has 1 aromatic carbocycles. The van der Waals surface area contributed by atoms with E-state index in [9.17, 15) is 0 Å². The average molecular weight is 272 g/mol. The number of hydrogen-bond donors (Lipinski definition) is 1. The Morgan fingerprint density at radius 3 is 2.60 bits per heavy atom. The van der Waals surface area contributed by atoms with E-state index in [-0.39, 0.29) is 0 Å². The van der Waals surface area contributed by atoms with Gasteiger partial charge in [-0.25, -0.2) is 4.98 Å². The van der Waals surface area contributed by atoms with Crippen LogP contribution in [0, 0.1) is 0 Å². The smallest absolute Gasteiger partial charge is 0.224 e. The van der Waals surface area contributed by atoms with E-state index < -0.39 is 0 Å². The second-order valence-corrected chi connectivity index (χ2v) is 4.42. The third-order valence-corrected chi connectivity index (χ3v) is 2.98. The van der Waals surface area contributed by atoms with E-state index in [4.69, 9.17) is 4.74 Å². The van der Waals surface area contributed by atoms with Crippen molar-refractivity contribution in [1.29, 1.82) is 0 Å². The van der Waals surface area contributed by atoms with E-state index in [1.165, 1.54) is 0 Å². The summed E-state index contributed by atoms with van der Waals surface area (Å²) in [4.78, 5) is 10.7. The molecule has 0 unspecified atom stereocenters. The zero-order chi connectivity index (χ0) is 14.4. The van der Waals surface area contributed by atoms with Gasteiger partial charge in [0.2, 0.25) is 5.95 Å². The molecule has 5 heteroatoms. The number of hydrogen-bond acceptors (Lipinski definition) is 5. The van der Waals surface area contributed by atoms with Gasteiger partial charge in [-0.3, -0.25) is 0 Å². The molecule has 0 aliphatic heterocycles. The van der Waals surface area contributed by atoms with Gasteiger partial charge in [-0.05, 0) is 36.8 Å². The fraction of sp³-hybridized carbons (Fsp3) is 0.333. The van der Waals surface area contributed by atoms with Crippen LogP contribution in [0.5, 0.6) is 5.75 Å². The molecule has 0 amide bonds. The summed E-state index contributed by atoms with van der Waals surface area (Å²) in [5.74, 6) is 2.35. The van der Waals surface area contributed by atoms with Gasteiger partial charge >= 0.3 is 0 Å². The lowest BCUT2D eigenvalue weighted by atomic mass is 10.3. The first-order chi connectivity index (χ1) is 9.74. The highest BCUT2D eigenvalue weighted by Crippen LogP contribution is 2.24. The summed E-state index contributed by atoms with van der Waals surface area (Å²) < 4.78 is 5.16. The van der Waals surface area contributed by atoms with Crippen molar-refractivity contribution in [3.8, 4) is 5.75 Å². The van der Waals surface area contributed by atoms with Gasteiger partial charge in [0.25, 0.3) is 0 Å². The molecule has 1 aromatic heterocycles. The van der Waals surface area contributed by atoms with Crippen LogP contribution in [0.3, 0.4) is 0 Å². The van der Waals surface area contributed by atoms with Gasteiger partial charge in [0.05, 0.1) is 7.11 Å². The van der Waals surface area contributed by atoms with Gasteiger partial charge in [-0.2, -0.15) is 4.98 Å². The van der Waals surface area contributed by atoms with Gasteiger partial charge in [0, 0.05) is 25.5 Å². The predicted molar refractivity (Wildman–Crippen MR) is 81.9 cm³/mol. The Labute approximate surface area is 119 Å². The zero-order valence-corrected chi connectivity index (χ0v) is 12.1. The average Bonchev–Trinajstić information content (AvgIpc) is 2.52. The number of rotatable bonds is 6. The monoisotopic (exact) mass is 272 g/mol. The van der Waals surface area contributed by atoms with Crippen LogP contribution in [0.1, 0.15) is 13.3 Å². The largest absolute Gasteiger partial charge is 0.497 e. The van der Waals surface area contributed by atoms with Crippen molar-refractivity contribution in [2.24, 2.45) is 0 Å². The summed E-state index contributed by atoms with van der Waals surface area (Å²) in [7, 11) is 3.64. The van der Waals surface area contributed by atoms with Gasteiger partial charge < -0.3 is 15.0 Å². The molecule has 0 spiro atoms. The Bertz CT molecular complexity index is 542. The molecule has 0 aliphatic rings. The Morgan fingerprint density at radius 2 is 1.95 bits per heavy atom. The second kappa shape index (κ2) is 6.75. The molecule has 106 valence electrons. The van der Waals surface area contributed by atoms with Crippen LogP contribution in [0.4, 0.5) is 17.5 Å². The third kappa shape index (κ3) is 3.38. The maximum absolute atomic E-state index is 5.16. The molecule has 1 heterocycles. The molecule has 0 saturated heterocycles. The molecule has 2 aromatic rings. The van der Waals surface area contributed by atoms with E-state index in [0.29, 0.717) is 5.95 Å². The molecular weight excluding hydrogens is 252 g/mol. The molecule has 2 rings (SSSR count). The first kappa shape index (κ1) is 14.1. The van der Waals surface area contributed by atoms with E-state index >= 15 is 0 Å². The lowest BCUT2D eigenvalue weighted by molar-refractivity contribution is 0.415. The van der Waals surface area contributed by atoms with Crippen LogP contribution in [0.15, 0.2) is 36.5 Å². The Kier molecular flexibility index (Phi) is 4.76. The van der Waals surface area contributed by atoms with Crippen molar-refractivity contribution >= 4 is 17.5 Å². The maximum Gasteiger partial charge on any atom is 0.224 e. The van der Waals surface area contributed by atoms with Crippen molar-refractivity contribution < 1.29 is 4.74 Å². The zero-order valence-electron chi connectivity index (χ0n) is 12.1. The summed E-state index contributed by atoms with van der Waals surface area (Å²) in [6.45, 7) is 2.98. The summed E-state index contributed by atoms with van der Waals surface area (Å²) in [5, 5.41) is 3.19. The number of methoxy groups -OCH3 is 1. The van der Waals surface area contributed by atoms with Crippen LogP contribution in [-0.4, -0.2) is 30.7 Å². The summed E-state index contributed by atoms with van der Waals surface area (Å²) >= 11 is 0. The second-order valence-electron chi connectivity index (χ2n) is 4.42. The maximum atomic E-state index is 5.16. The molecule has 20 heavy (non-hydrogen) atoms. The molecule has 5 nitrogen and oxygen atoms in total. The van der Waals surface area contributed by atoms with Crippen LogP contribution >= 0.6 is 0 Å². The highest BCUT2D eigenvalue weighted by Gasteiger charge is 2.07. The first-order valence-corrected chi connectivity index (χ1v) is 6.69. The predicted octanol–water partition coefficient (Wildman–Crippen LogP) is 3.08. The standard InChI is InChI=1S/C15H20N4O/c1-4-10-16-15-17-11-9-14(18-15)19(2)12-5-7-13(20-3)8-6-12/h5-9,11H,4,10H2,1-3H3,(H,16,17,18). The fourth-order valence-corrected chi connectivity index (χ4v) is 1.80. The van der Waals surface area contributed by atoms with Crippen LogP contribution in [-0.2, 0) is 0 Å². The number of nitrogens with zero attached hydrogens (tertiary/aromatic N) is 3. The number of anilines is 3. The Hall–Kier alpha value is -2.30. The summed E-state index contributed by atoms with van der Waals surface area (Å²) in [6, 6.07) is 9.76. The van der Waals surface area contributed by atoms with Crippen molar-refractivity contribution in [3.63, 3.8) is 0 Å². The molecule has 0 saturated carbocycles. The minimum absolute atomic E-state index is 0.657. The normalized spacial score (nSPS) is 10.2. The minimum Gasteiger partial charge on any atom is -0.497 e. The quantitative estimate of drug-likeness (QED) is 0.875. The lowest BCUT2D eigenvalue weighted by Gasteiger charge is -2.19. The number of aromatic nitrogens is 2. The van der Waals surface area contributed by atoms with Gasteiger partial charge in [0.1, 0.15) is 11.6 Å². The van der Waals surface area contributed by atoms with Crippen molar-refractivity contribution in [1.82, 2.24) is 9.97 Å². The van der Waals surface area contributed by atoms with Crippen LogP contribution in [0.25, 0.3) is 0 Å². The molecule has 0 radical (unpaired) electrons. The number of nitrogens with one attached hydrogen (secondary N) is 1. The van der Waals surface area contributed by atoms with Gasteiger partial charge in [0.15, 0.2) is 0 Å². The topological polar surface area (TPSA) is 50.3 Å². The number of benzene rings is 1. The Morgan fingerprint density at radius 1 is 1.20 bits per heavy atom. The van der Waals surface area contributed by atoms with Crippen molar-refractivity contribution in [2.45, 2.75) is 13.3 Å². The van der Waals surface area contributed by atoms with E-state index in [0.717, 1.165) is 30.2 Å². The van der Waals surface area contributed by atoms with Gasteiger partial charge in [-0.1, -0.05) is 6.92 Å². The van der Waals surface area contributed by atoms with E-state index in [1.54, 1.807) is 13.3 Å². The third-order valence-electron chi connectivity index (χ3n) is 2.98. The van der Waals surface area contributed by atoms with Crippen molar-refractivity contribution in [3.05, 3.63) is 36.5 Å². The molecule has 0 aliphatic carbocycles. The van der Waals surface area contributed by atoms with Crippen LogP contribution in [0.2, 0.25) is 0 Å². The molecule has 0 atom stereocenters. The Balaban J connectivity index is 2.16. The van der Waals surface area contributed by atoms with E-state index in [1.807, 2.05) is 42.3 Å². The lowest BCUT2D eigenvalue weighted by Crippen LogP contribution is -2.13. The first-order valence-electron chi connectivity index (χ1n) is 6.69. The summed E-state index contributed by atoms with van der Waals surface area (Å²) in [5.41, 5.74) is 1.05. The minimum atomic E-state index is 0.657. The summed E-state index contributed by atoms with van der Waals surface area (Å²) in [6.07, 6.45) is 2.81. The van der Waals surface area contributed by atoms with Crippen LogP contribution < -0.4 is 15.0 Å². The molecule has 0 bridgehead atoms. The highest BCUT2D eigenvalue weighted by molar-refractivity contribution is 5.60. The van der Waals surface area contributed by atoms with Gasteiger partial charge in [-0.15, -0.1) is 0 Å². The highest BCUT2D eigenvalue weighted by atomic mass is 16.5. The fourth-order valence-electron chi connectivity index (χ4n) is 1.80. The molecule has 1 N–H and O–H groups in total.